The molecule has 0 heterocycles. The molecule has 1 aliphatic rings. The second kappa shape index (κ2) is 7.17. The Bertz CT molecular complexity index is 411. The minimum atomic E-state index is 0.162. The van der Waals surface area contributed by atoms with Crippen molar-refractivity contribution in [1.82, 2.24) is 5.32 Å². The first-order valence-corrected chi connectivity index (χ1v) is 7.17. The SMILES string of the molecule is COc1cccc(CNC(=O)CCC2CCCC2)c1. The van der Waals surface area contributed by atoms with Crippen LogP contribution in [0.5, 0.6) is 5.75 Å². The molecule has 3 heteroatoms. The molecule has 1 aromatic carbocycles. The van der Waals surface area contributed by atoms with Gasteiger partial charge in [0.25, 0.3) is 0 Å². The molecule has 0 saturated heterocycles. The fraction of sp³-hybridized carbons (Fsp3) is 0.562. The third kappa shape index (κ3) is 4.58. The van der Waals surface area contributed by atoms with Gasteiger partial charge in [-0.05, 0) is 30.0 Å². The molecule has 1 fully saturated rings. The monoisotopic (exact) mass is 261 g/mol. The summed E-state index contributed by atoms with van der Waals surface area (Å²) in [5, 5.41) is 2.98. The standard InChI is InChI=1S/C16H23NO2/c1-19-15-8-4-7-14(11-15)12-17-16(18)10-9-13-5-2-3-6-13/h4,7-8,11,13H,2-3,5-6,9-10,12H2,1H3,(H,17,18). The Morgan fingerprint density at radius 1 is 1.37 bits per heavy atom. The van der Waals surface area contributed by atoms with Crippen molar-refractivity contribution >= 4 is 5.91 Å². The number of rotatable bonds is 6. The van der Waals surface area contributed by atoms with E-state index < -0.39 is 0 Å². The zero-order valence-electron chi connectivity index (χ0n) is 11.7. The smallest absolute Gasteiger partial charge is 0.220 e. The van der Waals surface area contributed by atoms with Crippen LogP contribution < -0.4 is 10.1 Å². The fourth-order valence-corrected chi connectivity index (χ4v) is 2.71. The molecule has 1 aliphatic carbocycles. The Hall–Kier alpha value is -1.51. The van der Waals surface area contributed by atoms with E-state index in [-0.39, 0.29) is 5.91 Å². The van der Waals surface area contributed by atoms with Gasteiger partial charge in [-0.2, -0.15) is 0 Å². The number of methoxy groups -OCH3 is 1. The Balaban J connectivity index is 1.70. The highest BCUT2D eigenvalue weighted by molar-refractivity contribution is 5.75. The maximum absolute atomic E-state index is 11.8. The van der Waals surface area contributed by atoms with Gasteiger partial charge in [0, 0.05) is 13.0 Å². The van der Waals surface area contributed by atoms with E-state index in [9.17, 15) is 4.79 Å². The summed E-state index contributed by atoms with van der Waals surface area (Å²) in [6.45, 7) is 0.584. The average Bonchev–Trinajstić information content (AvgIpc) is 2.96. The van der Waals surface area contributed by atoms with Crippen molar-refractivity contribution in [2.75, 3.05) is 7.11 Å². The molecule has 0 aromatic heterocycles. The first-order chi connectivity index (χ1) is 9.28. The summed E-state index contributed by atoms with van der Waals surface area (Å²) in [4.78, 5) is 11.8. The van der Waals surface area contributed by atoms with Crippen LogP contribution in [0.2, 0.25) is 0 Å². The Morgan fingerprint density at radius 2 is 2.16 bits per heavy atom. The van der Waals surface area contributed by atoms with Crippen molar-refractivity contribution in [3.05, 3.63) is 29.8 Å². The number of amides is 1. The summed E-state index contributed by atoms with van der Waals surface area (Å²) in [7, 11) is 1.65. The summed E-state index contributed by atoms with van der Waals surface area (Å²) in [6, 6.07) is 7.81. The quantitative estimate of drug-likeness (QED) is 0.853. The van der Waals surface area contributed by atoms with Crippen molar-refractivity contribution in [2.24, 2.45) is 5.92 Å². The van der Waals surface area contributed by atoms with E-state index in [1.165, 1.54) is 25.7 Å². The van der Waals surface area contributed by atoms with E-state index >= 15 is 0 Å². The average molecular weight is 261 g/mol. The number of carbonyl (C=O) groups excluding carboxylic acids is 1. The van der Waals surface area contributed by atoms with E-state index in [0.717, 1.165) is 23.7 Å². The molecule has 1 N–H and O–H groups in total. The predicted octanol–water partition coefficient (Wildman–Crippen LogP) is 3.28. The molecule has 104 valence electrons. The highest BCUT2D eigenvalue weighted by Crippen LogP contribution is 2.28. The van der Waals surface area contributed by atoms with E-state index in [1.54, 1.807) is 7.11 Å². The number of hydrogen-bond donors (Lipinski definition) is 1. The summed E-state index contributed by atoms with van der Waals surface area (Å²) < 4.78 is 5.16. The lowest BCUT2D eigenvalue weighted by atomic mass is 10.0. The normalized spacial score (nSPS) is 15.4. The van der Waals surface area contributed by atoms with E-state index in [2.05, 4.69) is 5.32 Å². The van der Waals surface area contributed by atoms with Gasteiger partial charge in [0.1, 0.15) is 5.75 Å². The van der Waals surface area contributed by atoms with Gasteiger partial charge in [-0.15, -0.1) is 0 Å². The number of benzene rings is 1. The van der Waals surface area contributed by atoms with Gasteiger partial charge in [-0.3, -0.25) is 4.79 Å². The van der Waals surface area contributed by atoms with Gasteiger partial charge in [0.15, 0.2) is 0 Å². The van der Waals surface area contributed by atoms with Crippen molar-refractivity contribution < 1.29 is 9.53 Å². The molecule has 0 unspecified atom stereocenters. The van der Waals surface area contributed by atoms with Crippen molar-refractivity contribution in [3.8, 4) is 5.75 Å². The van der Waals surface area contributed by atoms with Gasteiger partial charge in [0.2, 0.25) is 5.91 Å². The Kier molecular flexibility index (Phi) is 5.25. The summed E-state index contributed by atoms with van der Waals surface area (Å²) in [5.74, 6) is 1.77. The first-order valence-electron chi connectivity index (χ1n) is 7.17. The van der Waals surface area contributed by atoms with E-state index in [4.69, 9.17) is 4.74 Å². The van der Waals surface area contributed by atoms with E-state index in [0.29, 0.717) is 13.0 Å². The summed E-state index contributed by atoms with van der Waals surface area (Å²) >= 11 is 0. The van der Waals surface area contributed by atoms with Crippen molar-refractivity contribution in [2.45, 2.75) is 45.1 Å². The maximum Gasteiger partial charge on any atom is 0.220 e. The largest absolute Gasteiger partial charge is 0.497 e. The zero-order chi connectivity index (χ0) is 13.5. The van der Waals surface area contributed by atoms with Crippen LogP contribution >= 0.6 is 0 Å². The molecular formula is C16H23NO2. The topological polar surface area (TPSA) is 38.3 Å². The first kappa shape index (κ1) is 13.9. The van der Waals surface area contributed by atoms with Crippen molar-refractivity contribution in [3.63, 3.8) is 0 Å². The lowest BCUT2D eigenvalue weighted by Crippen LogP contribution is -2.23. The number of ether oxygens (including phenoxy) is 1. The van der Waals surface area contributed by atoms with Crippen LogP contribution in [0, 0.1) is 5.92 Å². The van der Waals surface area contributed by atoms with Crippen LogP contribution in [0.25, 0.3) is 0 Å². The van der Waals surface area contributed by atoms with E-state index in [1.807, 2.05) is 24.3 Å². The molecule has 1 aromatic rings. The minimum Gasteiger partial charge on any atom is -0.497 e. The van der Waals surface area contributed by atoms with Gasteiger partial charge in [0.05, 0.1) is 7.11 Å². The van der Waals surface area contributed by atoms with Gasteiger partial charge in [-0.1, -0.05) is 37.8 Å². The number of nitrogens with one attached hydrogen (secondary N) is 1. The van der Waals surface area contributed by atoms with Crippen LogP contribution in [0.4, 0.5) is 0 Å². The molecule has 0 atom stereocenters. The number of hydrogen-bond acceptors (Lipinski definition) is 2. The highest BCUT2D eigenvalue weighted by Gasteiger charge is 2.15. The molecule has 0 radical (unpaired) electrons. The molecule has 0 bridgehead atoms. The minimum absolute atomic E-state index is 0.162. The second-order valence-electron chi connectivity index (χ2n) is 5.32. The lowest BCUT2D eigenvalue weighted by Gasteiger charge is -2.09. The van der Waals surface area contributed by atoms with Crippen LogP contribution in [0.1, 0.15) is 44.1 Å². The Morgan fingerprint density at radius 3 is 2.89 bits per heavy atom. The number of carbonyl (C=O) groups is 1. The molecule has 0 spiro atoms. The van der Waals surface area contributed by atoms with Gasteiger partial charge < -0.3 is 10.1 Å². The molecule has 0 aliphatic heterocycles. The highest BCUT2D eigenvalue weighted by atomic mass is 16.5. The van der Waals surface area contributed by atoms with Crippen LogP contribution in [-0.2, 0) is 11.3 Å². The van der Waals surface area contributed by atoms with Crippen LogP contribution in [-0.4, -0.2) is 13.0 Å². The van der Waals surface area contributed by atoms with Crippen LogP contribution in [0.15, 0.2) is 24.3 Å². The third-order valence-electron chi connectivity index (χ3n) is 3.88. The van der Waals surface area contributed by atoms with Gasteiger partial charge >= 0.3 is 0 Å². The molecule has 1 amide bonds. The molecule has 3 nitrogen and oxygen atoms in total. The molecule has 2 rings (SSSR count). The van der Waals surface area contributed by atoms with Crippen LogP contribution in [0.3, 0.4) is 0 Å². The molecule has 1 saturated carbocycles. The van der Waals surface area contributed by atoms with Gasteiger partial charge in [-0.25, -0.2) is 0 Å². The summed E-state index contributed by atoms with van der Waals surface area (Å²) in [6.07, 6.45) is 7.01. The summed E-state index contributed by atoms with van der Waals surface area (Å²) in [5.41, 5.74) is 1.08. The fourth-order valence-electron chi connectivity index (χ4n) is 2.71. The second-order valence-corrected chi connectivity index (χ2v) is 5.32. The maximum atomic E-state index is 11.8. The third-order valence-corrected chi connectivity index (χ3v) is 3.88. The lowest BCUT2D eigenvalue weighted by molar-refractivity contribution is -0.121. The van der Waals surface area contributed by atoms with Crippen molar-refractivity contribution in [1.29, 1.82) is 0 Å². The predicted molar refractivity (Wildman–Crippen MR) is 76.0 cm³/mol. The molecular weight excluding hydrogens is 238 g/mol. The molecule has 19 heavy (non-hydrogen) atoms. The Labute approximate surface area is 115 Å². The zero-order valence-corrected chi connectivity index (χ0v) is 11.7.